The summed E-state index contributed by atoms with van der Waals surface area (Å²) < 4.78 is 5.00. The number of aromatic hydroxyl groups is 1. The number of phenolic OH excluding ortho intramolecular Hbond substituents is 1. The lowest BCUT2D eigenvalue weighted by Crippen LogP contribution is -2.15. The number of hydrogen-bond donors (Lipinski definition) is 1. The van der Waals surface area contributed by atoms with Crippen molar-refractivity contribution in [1.82, 2.24) is 0 Å². The van der Waals surface area contributed by atoms with Gasteiger partial charge in [0.05, 0.1) is 13.0 Å². The van der Waals surface area contributed by atoms with Crippen molar-refractivity contribution in [3.05, 3.63) is 29.3 Å². The molecule has 0 amide bonds. The first-order valence-corrected chi connectivity index (χ1v) is 6.18. The summed E-state index contributed by atoms with van der Waals surface area (Å²) in [5.74, 6) is 0.428. The molecule has 0 saturated heterocycles. The molecule has 0 aromatic heterocycles. The Hall–Kier alpha value is -1.51. The first-order chi connectivity index (χ1) is 8.20. The Bertz CT molecular complexity index is 412. The number of ether oxygens (including phenoxy) is 1. The monoisotopic (exact) mass is 234 g/mol. The van der Waals surface area contributed by atoms with Crippen LogP contribution in [0.4, 0.5) is 0 Å². The van der Waals surface area contributed by atoms with Crippen LogP contribution < -0.4 is 0 Å². The van der Waals surface area contributed by atoms with E-state index in [2.05, 4.69) is 0 Å². The van der Waals surface area contributed by atoms with Gasteiger partial charge in [-0.2, -0.15) is 0 Å². The van der Waals surface area contributed by atoms with Crippen molar-refractivity contribution in [1.29, 1.82) is 0 Å². The highest BCUT2D eigenvalue weighted by Crippen LogP contribution is 2.35. The number of esters is 1. The molecule has 1 atom stereocenters. The van der Waals surface area contributed by atoms with Crippen LogP contribution in [0.15, 0.2) is 18.2 Å². The predicted octanol–water partition coefficient (Wildman–Crippen LogP) is 2.77. The molecule has 0 bridgehead atoms. The van der Waals surface area contributed by atoms with Crippen LogP contribution in [0.3, 0.4) is 0 Å². The Morgan fingerprint density at radius 3 is 3.12 bits per heavy atom. The van der Waals surface area contributed by atoms with Gasteiger partial charge >= 0.3 is 5.97 Å². The third kappa shape index (κ3) is 2.78. The van der Waals surface area contributed by atoms with Crippen molar-refractivity contribution in [3.8, 4) is 5.75 Å². The van der Waals surface area contributed by atoms with Crippen LogP contribution >= 0.6 is 0 Å². The number of aryl methyl sites for hydroxylation is 1. The normalized spacial score (nSPS) is 18.5. The van der Waals surface area contributed by atoms with E-state index in [0.717, 1.165) is 19.3 Å². The van der Waals surface area contributed by atoms with Gasteiger partial charge in [-0.25, -0.2) is 0 Å². The van der Waals surface area contributed by atoms with Gasteiger partial charge < -0.3 is 9.84 Å². The molecule has 0 aliphatic heterocycles. The van der Waals surface area contributed by atoms with E-state index in [4.69, 9.17) is 4.74 Å². The molecule has 3 nitrogen and oxygen atoms in total. The molecule has 0 radical (unpaired) electrons. The summed E-state index contributed by atoms with van der Waals surface area (Å²) in [5, 5.41) is 9.45. The summed E-state index contributed by atoms with van der Waals surface area (Å²) in [6.07, 6.45) is 3.53. The molecule has 2 rings (SSSR count). The Morgan fingerprint density at radius 1 is 1.53 bits per heavy atom. The minimum absolute atomic E-state index is 0.126. The fraction of sp³-hybridized carbons (Fsp3) is 0.500. The molecule has 0 fully saturated rings. The fourth-order valence-corrected chi connectivity index (χ4v) is 2.53. The summed E-state index contributed by atoms with van der Waals surface area (Å²) in [5.41, 5.74) is 2.37. The number of carbonyl (C=O) groups excluding carboxylic acids is 1. The molecule has 0 spiro atoms. The summed E-state index contributed by atoms with van der Waals surface area (Å²) in [4.78, 5) is 11.5. The Morgan fingerprint density at radius 2 is 2.35 bits per heavy atom. The lowest BCUT2D eigenvalue weighted by Gasteiger charge is -2.24. The SMILES string of the molecule is CCOC(=O)CC1CCCc2cc(O)ccc21. The smallest absolute Gasteiger partial charge is 0.306 e. The van der Waals surface area contributed by atoms with Crippen LogP contribution in [0.2, 0.25) is 0 Å². The van der Waals surface area contributed by atoms with Crippen molar-refractivity contribution in [3.63, 3.8) is 0 Å². The summed E-state index contributed by atoms with van der Waals surface area (Å²) in [6.45, 7) is 2.26. The van der Waals surface area contributed by atoms with Crippen LogP contribution in [-0.4, -0.2) is 17.7 Å². The Labute approximate surface area is 101 Å². The Kier molecular flexibility index (Phi) is 3.67. The van der Waals surface area contributed by atoms with Crippen LogP contribution in [0.1, 0.15) is 43.2 Å². The highest BCUT2D eigenvalue weighted by atomic mass is 16.5. The third-order valence-electron chi connectivity index (χ3n) is 3.28. The molecular formula is C14H18O3. The first kappa shape index (κ1) is 12.0. The van der Waals surface area contributed by atoms with Gasteiger partial charge in [-0.15, -0.1) is 0 Å². The number of carbonyl (C=O) groups is 1. The molecule has 17 heavy (non-hydrogen) atoms. The predicted molar refractivity (Wildman–Crippen MR) is 65.0 cm³/mol. The third-order valence-corrected chi connectivity index (χ3v) is 3.28. The molecule has 1 unspecified atom stereocenters. The van der Waals surface area contributed by atoms with Gasteiger partial charge in [0.1, 0.15) is 5.75 Å². The number of rotatable bonds is 3. The lowest BCUT2D eigenvalue weighted by molar-refractivity contribution is -0.143. The van der Waals surface area contributed by atoms with E-state index in [1.165, 1.54) is 11.1 Å². The molecule has 1 aliphatic carbocycles. The van der Waals surface area contributed by atoms with E-state index in [0.29, 0.717) is 18.8 Å². The maximum atomic E-state index is 11.5. The second-order valence-corrected chi connectivity index (χ2v) is 4.48. The van der Waals surface area contributed by atoms with Crippen LogP contribution in [0, 0.1) is 0 Å². The van der Waals surface area contributed by atoms with Gasteiger partial charge in [0, 0.05) is 0 Å². The molecule has 3 heteroatoms. The average Bonchev–Trinajstić information content (AvgIpc) is 2.29. The summed E-state index contributed by atoms with van der Waals surface area (Å²) in [7, 11) is 0. The molecule has 0 heterocycles. The van der Waals surface area contributed by atoms with E-state index >= 15 is 0 Å². The topological polar surface area (TPSA) is 46.5 Å². The van der Waals surface area contributed by atoms with E-state index in [1.807, 2.05) is 19.1 Å². The number of phenols is 1. The highest BCUT2D eigenvalue weighted by Gasteiger charge is 2.23. The van der Waals surface area contributed by atoms with Gasteiger partial charge in [-0.1, -0.05) is 6.07 Å². The van der Waals surface area contributed by atoms with Crippen LogP contribution in [-0.2, 0) is 16.0 Å². The maximum absolute atomic E-state index is 11.5. The molecule has 1 aromatic carbocycles. The zero-order valence-electron chi connectivity index (χ0n) is 10.1. The Balaban J connectivity index is 2.14. The van der Waals surface area contributed by atoms with Gasteiger partial charge in [0.2, 0.25) is 0 Å². The quantitative estimate of drug-likeness (QED) is 0.818. The van der Waals surface area contributed by atoms with E-state index in [1.54, 1.807) is 6.07 Å². The highest BCUT2D eigenvalue weighted by molar-refractivity contribution is 5.70. The zero-order valence-corrected chi connectivity index (χ0v) is 10.1. The van der Waals surface area contributed by atoms with Gasteiger partial charge in [-0.05, 0) is 55.4 Å². The van der Waals surface area contributed by atoms with Crippen molar-refractivity contribution in [2.24, 2.45) is 0 Å². The van der Waals surface area contributed by atoms with Crippen molar-refractivity contribution < 1.29 is 14.6 Å². The second kappa shape index (κ2) is 5.21. The lowest BCUT2D eigenvalue weighted by atomic mass is 9.81. The van der Waals surface area contributed by atoms with Crippen LogP contribution in [0.25, 0.3) is 0 Å². The van der Waals surface area contributed by atoms with E-state index in [9.17, 15) is 9.90 Å². The fourth-order valence-electron chi connectivity index (χ4n) is 2.53. The molecule has 1 N–H and O–H groups in total. The molecule has 0 saturated carbocycles. The molecular weight excluding hydrogens is 216 g/mol. The number of benzene rings is 1. The average molecular weight is 234 g/mol. The van der Waals surface area contributed by atoms with E-state index < -0.39 is 0 Å². The molecule has 1 aliphatic rings. The van der Waals surface area contributed by atoms with Crippen LogP contribution in [0.5, 0.6) is 5.75 Å². The number of fused-ring (bicyclic) bond motifs is 1. The van der Waals surface area contributed by atoms with Crippen molar-refractivity contribution >= 4 is 5.97 Å². The van der Waals surface area contributed by atoms with Gasteiger partial charge in [-0.3, -0.25) is 4.79 Å². The van der Waals surface area contributed by atoms with Gasteiger partial charge in [0.25, 0.3) is 0 Å². The zero-order chi connectivity index (χ0) is 12.3. The standard InChI is InChI=1S/C14H18O3/c1-2-17-14(16)9-11-5-3-4-10-8-12(15)6-7-13(10)11/h6-8,11,15H,2-5,9H2,1H3. The van der Waals surface area contributed by atoms with E-state index in [-0.39, 0.29) is 11.9 Å². The van der Waals surface area contributed by atoms with Crippen molar-refractivity contribution in [2.75, 3.05) is 6.61 Å². The number of hydrogen-bond acceptors (Lipinski definition) is 3. The first-order valence-electron chi connectivity index (χ1n) is 6.18. The molecule has 92 valence electrons. The van der Waals surface area contributed by atoms with Gasteiger partial charge in [0.15, 0.2) is 0 Å². The minimum atomic E-state index is -0.126. The molecule has 1 aromatic rings. The minimum Gasteiger partial charge on any atom is -0.508 e. The van der Waals surface area contributed by atoms with Crippen molar-refractivity contribution in [2.45, 2.75) is 38.5 Å². The summed E-state index contributed by atoms with van der Waals surface area (Å²) >= 11 is 0. The maximum Gasteiger partial charge on any atom is 0.306 e. The summed E-state index contributed by atoms with van der Waals surface area (Å²) in [6, 6.07) is 5.45. The second-order valence-electron chi connectivity index (χ2n) is 4.48. The largest absolute Gasteiger partial charge is 0.508 e.